The lowest BCUT2D eigenvalue weighted by Crippen LogP contribution is -2.51. The molecule has 2 heterocycles. The molecule has 254 valence electrons. The Hall–Kier alpha value is -1.61. The fourth-order valence-corrected chi connectivity index (χ4v) is 8.24. The Balaban J connectivity index is 2.19. The highest BCUT2D eigenvalue weighted by molar-refractivity contribution is 6.74. The van der Waals surface area contributed by atoms with Gasteiger partial charge in [-0.15, -0.1) is 0 Å². The minimum absolute atomic E-state index is 0.0127. The second-order valence-electron chi connectivity index (χ2n) is 17.3. The monoisotopic (exact) mass is 676 g/mol. The van der Waals surface area contributed by atoms with E-state index in [1.54, 1.807) is 10.8 Å². The van der Waals surface area contributed by atoms with Crippen LogP contribution in [0.1, 0.15) is 79.0 Å². The second kappa shape index (κ2) is 13.1. The molecule has 8 nitrogen and oxygen atoms in total. The molecule has 2 N–H and O–H groups in total. The van der Waals surface area contributed by atoms with E-state index >= 15 is 0 Å². The van der Waals surface area contributed by atoms with Crippen molar-refractivity contribution >= 4 is 25.0 Å². The lowest BCUT2D eigenvalue weighted by atomic mass is 9.85. The minimum Gasteiger partial charge on any atom is -0.432 e. The van der Waals surface area contributed by atoms with E-state index < -0.39 is 53.4 Å². The summed E-state index contributed by atoms with van der Waals surface area (Å²) in [4.78, 5) is 40.6. The molecule has 2 aromatic rings. The number of ether oxygens (including phenoxy) is 1. The predicted molar refractivity (Wildman–Crippen MR) is 192 cm³/mol. The van der Waals surface area contributed by atoms with Gasteiger partial charge in [0.15, 0.2) is 25.0 Å². The Morgan fingerprint density at radius 3 is 1.96 bits per heavy atom. The van der Waals surface area contributed by atoms with Gasteiger partial charge >= 0.3 is 5.69 Å². The van der Waals surface area contributed by atoms with Crippen LogP contribution in [0.5, 0.6) is 0 Å². The smallest absolute Gasteiger partial charge is 0.328 e. The molecule has 0 spiro atoms. The summed E-state index contributed by atoms with van der Waals surface area (Å²) in [5, 5.41) is -0.450. The summed E-state index contributed by atoms with van der Waals surface area (Å²) in [7, 11) is -7.11. The summed E-state index contributed by atoms with van der Waals surface area (Å²) >= 11 is 0. The third-order valence-electron chi connectivity index (χ3n) is 11.1. The number of hydrogen-bond donors (Lipinski definition) is 2. The first-order chi connectivity index (χ1) is 20.3. The molecular weight excluding hydrogens is 617 g/mol. The van der Waals surface area contributed by atoms with Crippen LogP contribution in [0.3, 0.4) is 0 Å². The van der Waals surface area contributed by atoms with E-state index in [2.05, 4.69) is 86.6 Å². The fourth-order valence-electron chi connectivity index (χ4n) is 5.13. The van der Waals surface area contributed by atoms with Crippen molar-refractivity contribution in [3.05, 3.63) is 68.5 Å². The third kappa shape index (κ3) is 8.65. The van der Waals surface area contributed by atoms with Gasteiger partial charge in [0.2, 0.25) is 0 Å². The van der Waals surface area contributed by atoms with E-state index in [9.17, 15) is 14.4 Å². The van der Waals surface area contributed by atoms with E-state index in [-0.39, 0.29) is 22.1 Å². The number of hydrogen-bond acceptors (Lipinski definition) is 6. The number of benzene rings is 1. The molecule has 0 aliphatic carbocycles. The van der Waals surface area contributed by atoms with E-state index in [0.29, 0.717) is 25.1 Å². The van der Waals surface area contributed by atoms with Gasteiger partial charge in [0.05, 0.1) is 30.9 Å². The van der Waals surface area contributed by atoms with Gasteiger partial charge < -0.3 is 18.4 Å². The van der Waals surface area contributed by atoms with Gasteiger partial charge in [-0.1, -0.05) is 85.7 Å². The molecule has 11 heteroatoms. The molecule has 1 fully saturated rings. The molecule has 1 aliphatic rings. The topological polar surface area (TPSA) is 103 Å². The molecule has 4 atom stereocenters. The minimum atomic E-state index is -2.65. The summed E-state index contributed by atoms with van der Waals surface area (Å²) in [6.45, 7) is 31.1. The molecule has 1 aliphatic heterocycles. The van der Waals surface area contributed by atoms with Gasteiger partial charge in [0, 0.05) is 12.1 Å². The van der Waals surface area contributed by atoms with Gasteiger partial charge in [-0.05, 0) is 66.4 Å². The Labute approximate surface area is 274 Å². The SMILES string of the molecule is CC(C)(C[C@H]1C(O[Si](C)(C)C(C)(C)C)[C@@H](CO[Si](C)(C)C(C)(C)C)O[C@H]1c1cn(Cc2ccccc2)c(=O)[nH]c1=O)[Si](C)(C)O. The Morgan fingerprint density at radius 2 is 1.44 bits per heavy atom. The summed E-state index contributed by atoms with van der Waals surface area (Å²) in [6.07, 6.45) is 0.845. The van der Waals surface area contributed by atoms with E-state index in [0.717, 1.165) is 5.56 Å². The van der Waals surface area contributed by atoms with Crippen LogP contribution in [0, 0.1) is 5.92 Å². The molecule has 0 radical (unpaired) electrons. The molecule has 1 aromatic heterocycles. The molecule has 45 heavy (non-hydrogen) atoms. The lowest BCUT2D eigenvalue weighted by molar-refractivity contribution is -0.0172. The van der Waals surface area contributed by atoms with Gasteiger partial charge in [0.1, 0.15) is 6.10 Å². The highest BCUT2D eigenvalue weighted by atomic mass is 28.4. The summed E-state index contributed by atoms with van der Waals surface area (Å²) in [5.74, 6) is -0.246. The van der Waals surface area contributed by atoms with E-state index in [1.807, 2.05) is 43.4 Å². The van der Waals surface area contributed by atoms with Gasteiger partial charge in [-0.3, -0.25) is 14.3 Å². The molecule has 3 rings (SSSR count). The maximum atomic E-state index is 13.6. The Kier molecular flexibility index (Phi) is 11.0. The maximum absolute atomic E-state index is 13.6. The zero-order chi connectivity index (χ0) is 34.4. The van der Waals surface area contributed by atoms with Crippen molar-refractivity contribution in [2.24, 2.45) is 5.92 Å². The van der Waals surface area contributed by atoms with Crippen molar-refractivity contribution < 1.29 is 18.4 Å². The molecule has 1 unspecified atom stereocenters. The van der Waals surface area contributed by atoms with Gasteiger partial charge in [-0.2, -0.15) is 0 Å². The molecule has 0 saturated carbocycles. The molecular formula is C34H60N2O6Si3. The Bertz CT molecular complexity index is 1410. The molecule has 1 aromatic carbocycles. The molecule has 0 bridgehead atoms. The highest BCUT2D eigenvalue weighted by Gasteiger charge is 2.54. The summed E-state index contributed by atoms with van der Waals surface area (Å²) in [6, 6.07) is 9.71. The number of aromatic amines is 1. The first kappa shape index (κ1) is 37.8. The summed E-state index contributed by atoms with van der Waals surface area (Å²) < 4.78 is 22.5. The number of nitrogens with one attached hydrogen (secondary N) is 1. The normalized spacial score (nSPS) is 22.2. The van der Waals surface area contributed by atoms with Crippen LogP contribution in [0.2, 0.25) is 54.4 Å². The van der Waals surface area contributed by atoms with Gasteiger partial charge in [-0.25, -0.2) is 4.79 Å². The van der Waals surface area contributed by atoms with Crippen molar-refractivity contribution in [1.82, 2.24) is 9.55 Å². The van der Waals surface area contributed by atoms with Crippen molar-refractivity contribution in [2.45, 2.75) is 141 Å². The second-order valence-corrected chi connectivity index (χ2v) is 31.3. The van der Waals surface area contributed by atoms with E-state index in [4.69, 9.17) is 13.6 Å². The maximum Gasteiger partial charge on any atom is 0.328 e. The zero-order valence-corrected chi connectivity index (χ0v) is 33.3. The fraction of sp³-hybridized carbons (Fsp3) is 0.706. The molecule has 0 amide bonds. The van der Waals surface area contributed by atoms with Gasteiger partial charge in [0.25, 0.3) is 5.56 Å². The lowest BCUT2D eigenvalue weighted by Gasteiger charge is -2.44. The third-order valence-corrected chi connectivity index (χ3v) is 23.6. The van der Waals surface area contributed by atoms with Crippen molar-refractivity contribution in [1.29, 1.82) is 0 Å². The number of nitrogens with zero attached hydrogens (tertiary/aromatic N) is 1. The van der Waals surface area contributed by atoms with Crippen molar-refractivity contribution in [3.8, 4) is 0 Å². The quantitative estimate of drug-likeness (QED) is 0.240. The van der Waals surface area contributed by atoms with E-state index in [1.165, 1.54) is 0 Å². The number of aromatic nitrogens is 2. The number of rotatable bonds is 11. The van der Waals surface area contributed by atoms with Crippen LogP contribution in [-0.4, -0.2) is 58.1 Å². The van der Waals surface area contributed by atoms with Crippen LogP contribution < -0.4 is 11.2 Å². The standard InChI is InChI=1S/C34H60N2O6Si3/c1-32(2,3)44(11,12)40-23-27-29(42-45(13,14)33(4,5)6)25(20-34(7,8)43(9,10)39)28(41-27)26-22-36(31(38)35-30(26)37)21-24-18-16-15-17-19-24/h15-19,22,25,27-29,39H,20-21,23H2,1-14H3,(H,35,37,38)/t25-,27-,28-,29?/m1/s1. The first-order valence-electron chi connectivity index (χ1n) is 16.3. The first-order valence-corrected chi connectivity index (χ1v) is 25.1. The zero-order valence-electron chi connectivity index (χ0n) is 30.3. The average Bonchev–Trinajstić information content (AvgIpc) is 3.18. The van der Waals surface area contributed by atoms with Crippen molar-refractivity contribution in [3.63, 3.8) is 0 Å². The summed E-state index contributed by atoms with van der Waals surface area (Å²) in [5.41, 5.74) is 0.450. The molecule has 1 saturated heterocycles. The van der Waals surface area contributed by atoms with Crippen LogP contribution in [-0.2, 0) is 20.1 Å². The Morgan fingerprint density at radius 1 is 0.889 bits per heavy atom. The van der Waals surface area contributed by atoms with Crippen LogP contribution >= 0.6 is 0 Å². The van der Waals surface area contributed by atoms with Crippen molar-refractivity contribution in [2.75, 3.05) is 6.61 Å². The average molecular weight is 677 g/mol. The number of H-pyrrole nitrogens is 1. The largest absolute Gasteiger partial charge is 0.432 e. The highest BCUT2D eigenvalue weighted by Crippen LogP contribution is 2.52. The predicted octanol–water partition coefficient (Wildman–Crippen LogP) is 7.42. The van der Waals surface area contributed by atoms with Crippen LogP contribution in [0.25, 0.3) is 0 Å². The van der Waals surface area contributed by atoms with Crippen LogP contribution in [0.4, 0.5) is 0 Å². The van der Waals surface area contributed by atoms with Crippen LogP contribution in [0.15, 0.2) is 46.1 Å².